The van der Waals surface area contributed by atoms with E-state index in [9.17, 15) is 14.4 Å². The van der Waals surface area contributed by atoms with E-state index in [0.717, 1.165) is 4.90 Å². The van der Waals surface area contributed by atoms with E-state index in [0.29, 0.717) is 10.8 Å². The summed E-state index contributed by atoms with van der Waals surface area (Å²) in [7, 11) is 0. The molecule has 1 heterocycles. The predicted molar refractivity (Wildman–Crippen MR) is 103 cm³/mol. The monoisotopic (exact) mass is 412 g/mol. The van der Waals surface area contributed by atoms with E-state index in [2.05, 4.69) is 10.6 Å². The Morgan fingerprint density at radius 1 is 1.26 bits per heavy atom. The number of carbonyl (C=O) groups excluding carboxylic acids is 3. The average Bonchev–Trinajstić information content (AvgIpc) is 2.61. The highest BCUT2D eigenvalue weighted by atomic mass is 35.5. The van der Waals surface area contributed by atoms with Crippen LogP contribution in [-0.2, 0) is 19.1 Å². The van der Waals surface area contributed by atoms with Gasteiger partial charge in [0.25, 0.3) is 0 Å². The summed E-state index contributed by atoms with van der Waals surface area (Å²) in [4.78, 5) is 36.6. The van der Waals surface area contributed by atoms with Crippen molar-refractivity contribution in [2.75, 3.05) is 19.0 Å². The lowest BCUT2D eigenvalue weighted by atomic mass is 10.0. The average molecular weight is 413 g/mol. The first-order valence-corrected chi connectivity index (χ1v) is 9.79. The van der Waals surface area contributed by atoms with Crippen molar-refractivity contribution in [2.45, 2.75) is 31.2 Å². The van der Waals surface area contributed by atoms with Gasteiger partial charge in [-0.05, 0) is 26.0 Å². The van der Waals surface area contributed by atoms with Gasteiger partial charge in [-0.25, -0.2) is 9.59 Å². The molecule has 2 amide bonds. The van der Waals surface area contributed by atoms with Gasteiger partial charge in [0.2, 0.25) is 0 Å². The number of halogens is 1. The van der Waals surface area contributed by atoms with Crippen molar-refractivity contribution in [1.82, 2.24) is 10.6 Å². The molecule has 2 rings (SSSR count). The van der Waals surface area contributed by atoms with Gasteiger partial charge in [-0.15, -0.1) is 11.8 Å². The second-order valence-electron chi connectivity index (χ2n) is 5.62. The Morgan fingerprint density at radius 2 is 2.00 bits per heavy atom. The lowest BCUT2D eigenvalue weighted by molar-refractivity contribution is -0.143. The second kappa shape index (κ2) is 10.2. The van der Waals surface area contributed by atoms with Crippen molar-refractivity contribution in [1.29, 1.82) is 0 Å². The van der Waals surface area contributed by atoms with Crippen LogP contribution in [0.25, 0.3) is 0 Å². The van der Waals surface area contributed by atoms with Gasteiger partial charge >= 0.3 is 18.0 Å². The maximum Gasteiger partial charge on any atom is 0.338 e. The van der Waals surface area contributed by atoms with Crippen LogP contribution in [0.1, 0.15) is 20.3 Å². The molecule has 0 aromatic heterocycles. The zero-order valence-corrected chi connectivity index (χ0v) is 16.6. The normalized spacial score (nSPS) is 16.4. The van der Waals surface area contributed by atoms with Crippen LogP contribution in [0.5, 0.6) is 0 Å². The Kier molecular flexibility index (Phi) is 7.99. The summed E-state index contributed by atoms with van der Waals surface area (Å²) < 4.78 is 10.2. The summed E-state index contributed by atoms with van der Waals surface area (Å²) >= 11 is 7.52. The first-order chi connectivity index (χ1) is 12.9. The molecule has 9 heteroatoms. The fourth-order valence-electron chi connectivity index (χ4n) is 2.42. The van der Waals surface area contributed by atoms with Crippen LogP contribution in [0, 0.1) is 0 Å². The van der Waals surface area contributed by atoms with Crippen molar-refractivity contribution < 1.29 is 23.9 Å². The summed E-state index contributed by atoms with van der Waals surface area (Å²) in [6.07, 6.45) is 0.166. The van der Waals surface area contributed by atoms with Gasteiger partial charge in [0.15, 0.2) is 0 Å². The van der Waals surface area contributed by atoms with Crippen LogP contribution in [0.15, 0.2) is 40.4 Å². The fourth-order valence-corrected chi connectivity index (χ4v) is 3.59. The molecule has 27 heavy (non-hydrogen) atoms. The number of carbonyl (C=O) groups is 3. The maximum atomic E-state index is 12.1. The zero-order chi connectivity index (χ0) is 19.8. The van der Waals surface area contributed by atoms with Crippen molar-refractivity contribution in [3.63, 3.8) is 0 Å². The number of esters is 2. The Labute approximate surface area is 166 Å². The lowest BCUT2D eigenvalue weighted by Crippen LogP contribution is -2.50. The molecule has 0 unspecified atom stereocenters. The van der Waals surface area contributed by atoms with Gasteiger partial charge in [0, 0.05) is 10.6 Å². The van der Waals surface area contributed by atoms with E-state index in [-0.39, 0.29) is 30.9 Å². The van der Waals surface area contributed by atoms with Crippen molar-refractivity contribution >= 4 is 41.3 Å². The summed E-state index contributed by atoms with van der Waals surface area (Å²) in [6, 6.07) is 6.37. The first-order valence-electron chi connectivity index (χ1n) is 8.43. The van der Waals surface area contributed by atoms with Crippen molar-refractivity contribution in [2.24, 2.45) is 0 Å². The smallest absolute Gasteiger partial charge is 0.338 e. The van der Waals surface area contributed by atoms with E-state index >= 15 is 0 Å². The number of thioether (sulfide) groups is 1. The number of urea groups is 1. The molecule has 1 aliphatic rings. The fraction of sp³-hybridized carbons (Fsp3) is 0.389. The quantitative estimate of drug-likeness (QED) is 0.503. The minimum atomic E-state index is -0.558. The van der Waals surface area contributed by atoms with Crippen molar-refractivity contribution in [3.05, 3.63) is 40.6 Å². The molecule has 0 saturated carbocycles. The standard InChI is InChI=1S/C18H21ClN2O5S/c1-3-25-17(23)16-11(2)20-18(24)21-13(16)10-26-15(22)8-9-27-14-7-5-4-6-12(14)19/h4-7,11H,3,8-10H2,1-2H3,(H2,20,21,24)/t11-/m0/s1. The topological polar surface area (TPSA) is 93.7 Å². The van der Waals surface area contributed by atoms with Gasteiger partial charge in [-0.1, -0.05) is 23.7 Å². The molecule has 146 valence electrons. The third-order valence-electron chi connectivity index (χ3n) is 3.64. The number of amides is 2. The summed E-state index contributed by atoms with van der Waals surface area (Å²) in [5.41, 5.74) is 0.478. The molecular weight excluding hydrogens is 392 g/mol. The summed E-state index contributed by atoms with van der Waals surface area (Å²) in [5.74, 6) is -0.500. The van der Waals surface area contributed by atoms with E-state index in [1.807, 2.05) is 18.2 Å². The number of nitrogens with one attached hydrogen (secondary N) is 2. The van der Waals surface area contributed by atoms with Crippen LogP contribution in [0.3, 0.4) is 0 Å². The highest BCUT2D eigenvalue weighted by Gasteiger charge is 2.30. The molecule has 1 aromatic rings. The molecule has 2 N–H and O–H groups in total. The van der Waals surface area contributed by atoms with Crippen LogP contribution in [-0.4, -0.2) is 43.0 Å². The van der Waals surface area contributed by atoms with Gasteiger partial charge in [-0.3, -0.25) is 4.79 Å². The summed E-state index contributed by atoms with van der Waals surface area (Å²) in [6.45, 7) is 3.35. The lowest BCUT2D eigenvalue weighted by Gasteiger charge is -2.26. The van der Waals surface area contributed by atoms with Gasteiger partial charge < -0.3 is 20.1 Å². The highest BCUT2D eigenvalue weighted by Crippen LogP contribution is 2.27. The molecule has 0 bridgehead atoms. The Balaban J connectivity index is 1.91. The molecule has 0 fully saturated rings. The van der Waals surface area contributed by atoms with Crippen LogP contribution < -0.4 is 10.6 Å². The minimum Gasteiger partial charge on any atom is -0.463 e. The number of rotatable bonds is 8. The predicted octanol–water partition coefficient (Wildman–Crippen LogP) is 2.88. The Hall–Kier alpha value is -2.19. The molecule has 0 radical (unpaired) electrons. The summed E-state index contributed by atoms with van der Waals surface area (Å²) in [5, 5.41) is 5.72. The molecule has 1 atom stereocenters. The third-order valence-corrected chi connectivity index (χ3v) is 5.16. The zero-order valence-electron chi connectivity index (χ0n) is 15.0. The van der Waals surface area contributed by atoms with E-state index < -0.39 is 24.0 Å². The van der Waals surface area contributed by atoms with Gasteiger partial charge in [0.1, 0.15) is 6.61 Å². The first kappa shape index (κ1) is 21.1. The molecule has 0 aliphatic carbocycles. The Bertz CT molecular complexity index is 753. The molecule has 1 aliphatic heterocycles. The largest absolute Gasteiger partial charge is 0.463 e. The number of ether oxygens (including phenoxy) is 2. The van der Waals surface area contributed by atoms with Crippen LogP contribution in [0.4, 0.5) is 4.79 Å². The molecule has 7 nitrogen and oxygen atoms in total. The number of benzene rings is 1. The van der Waals surface area contributed by atoms with Crippen LogP contribution in [0.2, 0.25) is 5.02 Å². The third kappa shape index (κ3) is 6.18. The van der Waals surface area contributed by atoms with E-state index in [4.69, 9.17) is 21.1 Å². The van der Waals surface area contributed by atoms with Gasteiger partial charge in [0.05, 0.1) is 35.4 Å². The SMILES string of the molecule is CCOC(=O)C1=C(COC(=O)CCSc2ccccc2Cl)NC(=O)N[C@H]1C. The van der Waals surface area contributed by atoms with E-state index in [1.165, 1.54) is 11.8 Å². The van der Waals surface area contributed by atoms with Gasteiger partial charge in [-0.2, -0.15) is 0 Å². The molecule has 0 saturated heterocycles. The molecular formula is C18H21ClN2O5S. The van der Waals surface area contributed by atoms with E-state index in [1.54, 1.807) is 19.9 Å². The molecule has 0 spiro atoms. The number of hydrogen-bond acceptors (Lipinski definition) is 6. The van der Waals surface area contributed by atoms with Crippen LogP contribution >= 0.6 is 23.4 Å². The number of hydrogen-bond donors (Lipinski definition) is 2. The minimum absolute atomic E-state index is 0.166. The maximum absolute atomic E-state index is 12.1. The van der Waals surface area contributed by atoms with Crippen molar-refractivity contribution in [3.8, 4) is 0 Å². The molecule has 1 aromatic carbocycles. The highest BCUT2D eigenvalue weighted by molar-refractivity contribution is 7.99. The Morgan fingerprint density at radius 3 is 2.70 bits per heavy atom. The second-order valence-corrected chi connectivity index (χ2v) is 7.17.